The summed E-state index contributed by atoms with van der Waals surface area (Å²) in [5.41, 5.74) is 1.14. The molecule has 0 unspecified atom stereocenters. The Labute approximate surface area is 182 Å². The third kappa shape index (κ3) is 6.59. The van der Waals surface area contributed by atoms with E-state index in [1.807, 2.05) is 18.0 Å². The summed E-state index contributed by atoms with van der Waals surface area (Å²) in [7, 11) is 0. The van der Waals surface area contributed by atoms with E-state index >= 15 is 0 Å². The molecule has 6 nitrogen and oxygen atoms in total. The Bertz CT molecular complexity index is 845. The van der Waals surface area contributed by atoms with Gasteiger partial charge < -0.3 is 13.9 Å². The molecule has 0 radical (unpaired) electrons. The minimum atomic E-state index is -0.109. The Kier molecular flexibility index (Phi) is 7.83. The average Bonchev–Trinajstić information content (AvgIpc) is 3.61. The fraction of sp³-hybridized carbons (Fsp3) is 0.565. The SMILES string of the molecule is O=c1cc(CN2CCOCC2)occ1OCCCCCSc1ccc(C2CC2)nc1. The number of unbranched alkanes of at least 4 members (excludes halogenated alkanes) is 2. The van der Waals surface area contributed by atoms with Gasteiger partial charge in [-0.3, -0.25) is 14.7 Å². The minimum Gasteiger partial charge on any atom is -0.487 e. The predicted octanol–water partition coefficient (Wildman–Crippen LogP) is 4.09. The maximum absolute atomic E-state index is 12.2. The van der Waals surface area contributed by atoms with E-state index in [4.69, 9.17) is 13.9 Å². The zero-order chi connectivity index (χ0) is 20.6. The second-order valence-electron chi connectivity index (χ2n) is 7.91. The van der Waals surface area contributed by atoms with Gasteiger partial charge in [-0.25, -0.2) is 0 Å². The van der Waals surface area contributed by atoms with Crippen LogP contribution in [-0.4, -0.2) is 48.5 Å². The first-order chi connectivity index (χ1) is 14.8. The summed E-state index contributed by atoms with van der Waals surface area (Å²) in [6.45, 7) is 4.36. The first-order valence-electron chi connectivity index (χ1n) is 10.9. The van der Waals surface area contributed by atoms with Gasteiger partial charge in [0.25, 0.3) is 0 Å². The van der Waals surface area contributed by atoms with Gasteiger partial charge in [0.1, 0.15) is 12.0 Å². The number of thioether (sulfide) groups is 1. The van der Waals surface area contributed by atoms with Crippen molar-refractivity contribution in [3.63, 3.8) is 0 Å². The lowest BCUT2D eigenvalue weighted by Gasteiger charge is -2.25. The molecule has 0 N–H and O–H groups in total. The van der Waals surface area contributed by atoms with Crippen LogP contribution >= 0.6 is 11.8 Å². The number of aromatic nitrogens is 1. The number of hydrogen-bond donors (Lipinski definition) is 0. The molecule has 1 saturated heterocycles. The number of pyridine rings is 1. The van der Waals surface area contributed by atoms with Crippen LogP contribution in [0.25, 0.3) is 0 Å². The summed E-state index contributed by atoms with van der Waals surface area (Å²) < 4.78 is 16.6. The minimum absolute atomic E-state index is 0.109. The lowest BCUT2D eigenvalue weighted by atomic mass is 10.2. The Hall–Kier alpha value is -1.83. The predicted molar refractivity (Wildman–Crippen MR) is 117 cm³/mol. The first kappa shape index (κ1) is 21.4. The van der Waals surface area contributed by atoms with Crippen molar-refractivity contribution < 1.29 is 13.9 Å². The van der Waals surface area contributed by atoms with Crippen molar-refractivity contribution in [2.75, 3.05) is 38.7 Å². The highest BCUT2D eigenvalue weighted by molar-refractivity contribution is 7.99. The third-order valence-corrected chi connectivity index (χ3v) is 6.47. The average molecular weight is 431 g/mol. The van der Waals surface area contributed by atoms with Gasteiger partial charge in [-0.15, -0.1) is 11.8 Å². The van der Waals surface area contributed by atoms with Crippen molar-refractivity contribution in [2.45, 2.75) is 49.5 Å². The van der Waals surface area contributed by atoms with Gasteiger partial charge in [0.15, 0.2) is 0 Å². The topological polar surface area (TPSA) is 64.8 Å². The van der Waals surface area contributed by atoms with E-state index < -0.39 is 0 Å². The quantitative estimate of drug-likeness (QED) is 0.393. The van der Waals surface area contributed by atoms with Crippen LogP contribution in [-0.2, 0) is 11.3 Å². The molecule has 4 rings (SSSR count). The van der Waals surface area contributed by atoms with Crippen molar-refractivity contribution >= 4 is 11.8 Å². The Balaban J connectivity index is 1.09. The summed E-state index contributed by atoms with van der Waals surface area (Å²) in [5, 5.41) is 0. The van der Waals surface area contributed by atoms with E-state index in [1.165, 1.54) is 29.7 Å². The molecule has 2 aromatic rings. The van der Waals surface area contributed by atoms with E-state index in [0.717, 1.165) is 51.3 Å². The van der Waals surface area contributed by atoms with E-state index in [-0.39, 0.29) is 5.43 Å². The van der Waals surface area contributed by atoms with E-state index in [1.54, 1.807) is 6.07 Å². The van der Waals surface area contributed by atoms with Crippen molar-refractivity contribution in [1.29, 1.82) is 0 Å². The standard InChI is InChI=1S/C23H30N2O4S/c26-22-14-19(16-25-8-11-27-12-9-25)29-17-23(22)28-10-2-1-3-13-30-20-6-7-21(24-15-20)18-4-5-18/h6-7,14-15,17-18H,1-5,8-13,16H2. The molecule has 3 heterocycles. The van der Waals surface area contributed by atoms with Crippen LogP contribution in [0.1, 0.15) is 49.5 Å². The molecule has 0 atom stereocenters. The van der Waals surface area contributed by atoms with Crippen LogP contribution < -0.4 is 10.2 Å². The van der Waals surface area contributed by atoms with Gasteiger partial charge in [0.05, 0.1) is 26.4 Å². The van der Waals surface area contributed by atoms with Crippen LogP contribution in [0.5, 0.6) is 5.75 Å². The molecule has 162 valence electrons. The Morgan fingerprint density at radius 3 is 2.77 bits per heavy atom. The normalized spacial score (nSPS) is 17.2. The van der Waals surface area contributed by atoms with Gasteiger partial charge >= 0.3 is 0 Å². The molecule has 2 fully saturated rings. The lowest BCUT2D eigenvalue weighted by molar-refractivity contribution is 0.0310. The second-order valence-corrected chi connectivity index (χ2v) is 9.08. The van der Waals surface area contributed by atoms with Gasteiger partial charge in [-0.05, 0) is 50.0 Å². The number of rotatable bonds is 11. The highest BCUT2D eigenvalue weighted by atomic mass is 32.2. The highest BCUT2D eigenvalue weighted by Gasteiger charge is 2.24. The summed E-state index contributed by atoms with van der Waals surface area (Å²) >= 11 is 1.85. The third-order valence-electron chi connectivity index (χ3n) is 5.41. The zero-order valence-electron chi connectivity index (χ0n) is 17.4. The molecule has 2 aliphatic rings. The maximum Gasteiger partial charge on any atom is 0.227 e. The molecule has 0 amide bonds. The largest absolute Gasteiger partial charge is 0.487 e. The number of ether oxygens (including phenoxy) is 2. The van der Waals surface area contributed by atoms with Crippen LogP contribution in [0, 0.1) is 0 Å². The van der Waals surface area contributed by atoms with Crippen LogP contribution in [0.4, 0.5) is 0 Å². The molecule has 30 heavy (non-hydrogen) atoms. The van der Waals surface area contributed by atoms with E-state index in [9.17, 15) is 4.79 Å². The van der Waals surface area contributed by atoms with E-state index in [2.05, 4.69) is 22.0 Å². The summed E-state index contributed by atoms with van der Waals surface area (Å²) in [4.78, 5) is 20.3. The number of nitrogens with zero attached hydrogens (tertiary/aromatic N) is 2. The van der Waals surface area contributed by atoms with Crippen LogP contribution in [0.3, 0.4) is 0 Å². The highest BCUT2D eigenvalue weighted by Crippen LogP contribution is 2.39. The Morgan fingerprint density at radius 2 is 2.03 bits per heavy atom. The summed E-state index contributed by atoms with van der Waals surface area (Å²) in [6.07, 6.45) is 9.15. The van der Waals surface area contributed by atoms with Gasteiger partial charge in [-0.2, -0.15) is 0 Å². The molecule has 0 bridgehead atoms. The molecular weight excluding hydrogens is 400 g/mol. The van der Waals surface area contributed by atoms with Gasteiger partial charge in [0, 0.05) is 41.9 Å². The molecule has 1 aliphatic heterocycles. The van der Waals surface area contributed by atoms with Crippen LogP contribution in [0.2, 0.25) is 0 Å². The van der Waals surface area contributed by atoms with Crippen molar-refractivity contribution in [3.8, 4) is 5.75 Å². The molecule has 0 spiro atoms. The molecular formula is C23H30N2O4S. The molecule has 1 saturated carbocycles. The lowest BCUT2D eigenvalue weighted by Crippen LogP contribution is -2.35. The molecule has 0 aromatic carbocycles. The monoisotopic (exact) mass is 430 g/mol. The molecule has 2 aromatic heterocycles. The summed E-state index contributed by atoms with van der Waals surface area (Å²) in [5.74, 6) is 2.76. The van der Waals surface area contributed by atoms with Crippen molar-refractivity contribution in [2.24, 2.45) is 0 Å². The van der Waals surface area contributed by atoms with E-state index in [0.29, 0.717) is 30.6 Å². The zero-order valence-corrected chi connectivity index (χ0v) is 18.2. The number of morpholine rings is 1. The summed E-state index contributed by atoms with van der Waals surface area (Å²) in [6, 6.07) is 5.91. The van der Waals surface area contributed by atoms with Crippen LogP contribution in [0.15, 0.2) is 44.8 Å². The van der Waals surface area contributed by atoms with Crippen molar-refractivity contribution in [1.82, 2.24) is 9.88 Å². The molecule has 1 aliphatic carbocycles. The van der Waals surface area contributed by atoms with Gasteiger partial charge in [-0.1, -0.05) is 0 Å². The number of hydrogen-bond acceptors (Lipinski definition) is 7. The maximum atomic E-state index is 12.2. The molecule has 7 heteroatoms. The second kappa shape index (κ2) is 11.0. The fourth-order valence-corrected chi connectivity index (χ4v) is 4.33. The Morgan fingerprint density at radius 1 is 1.17 bits per heavy atom. The fourth-order valence-electron chi connectivity index (χ4n) is 3.46. The van der Waals surface area contributed by atoms with Crippen molar-refractivity contribution in [3.05, 3.63) is 52.3 Å². The van der Waals surface area contributed by atoms with Gasteiger partial charge in [0.2, 0.25) is 11.2 Å². The smallest absolute Gasteiger partial charge is 0.227 e. The first-order valence-corrected chi connectivity index (χ1v) is 11.9.